The lowest BCUT2D eigenvalue weighted by Gasteiger charge is -2.03. The molecule has 3 aromatic rings. The number of thiazole rings is 1. The molecule has 0 saturated heterocycles. The van der Waals surface area contributed by atoms with Crippen molar-refractivity contribution >= 4 is 45.7 Å². The van der Waals surface area contributed by atoms with Crippen molar-refractivity contribution in [2.75, 3.05) is 11.1 Å². The van der Waals surface area contributed by atoms with E-state index in [-0.39, 0.29) is 11.7 Å². The smallest absolute Gasteiger partial charge is 0.236 e. The second kappa shape index (κ2) is 7.54. The molecule has 0 bridgehead atoms. The Labute approximate surface area is 146 Å². The molecule has 2 aromatic heterocycles. The lowest BCUT2D eigenvalue weighted by atomic mass is 10.1. The van der Waals surface area contributed by atoms with Crippen molar-refractivity contribution in [3.05, 3.63) is 53.0 Å². The van der Waals surface area contributed by atoms with Crippen LogP contribution < -0.4 is 5.32 Å². The van der Waals surface area contributed by atoms with Gasteiger partial charge in [0, 0.05) is 22.2 Å². The predicted octanol–water partition coefficient (Wildman–Crippen LogP) is 3.98. The molecular formula is C15H11ClN4OS2. The minimum Gasteiger partial charge on any atom is -0.301 e. The summed E-state index contributed by atoms with van der Waals surface area (Å²) in [6.45, 7) is 0. The van der Waals surface area contributed by atoms with Crippen LogP contribution in [0.3, 0.4) is 0 Å². The third kappa shape index (κ3) is 4.51. The molecule has 0 radical (unpaired) electrons. The van der Waals surface area contributed by atoms with Crippen molar-refractivity contribution in [3.8, 4) is 11.3 Å². The van der Waals surface area contributed by atoms with E-state index in [9.17, 15) is 4.79 Å². The third-order valence-electron chi connectivity index (χ3n) is 2.81. The van der Waals surface area contributed by atoms with Crippen LogP contribution in [-0.2, 0) is 4.79 Å². The molecule has 3 rings (SSSR count). The number of amides is 1. The first-order valence-corrected chi connectivity index (χ1v) is 8.87. The van der Waals surface area contributed by atoms with Gasteiger partial charge in [-0.05, 0) is 24.3 Å². The summed E-state index contributed by atoms with van der Waals surface area (Å²) < 4.78 is 0. The number of benzene rings is 1. The number of aromatic nitrogens is 3. The average molecular weight is 363 g/mol. The molecule has 1 N–H and O–H groups in total. The Kier molecular flexibility index (Phi) is 5.22. The number of anilines is 1. The largest absolute Gasteiger partial charge is 0.301 e. The molecular weight excluding hydrogens is 352 g/mol. The minimum atomic E-state index is -0.117. The highest BCUT2D eigenvalue weighted by molar-refractivity contribution is 7.99. The number of rotatable bonds is 5. The van der Waals surface area contributed by atoms with E-state index in [2.05, 4.69) is 20.5 Å². The summed E-state index contributed by atoms with van der Waals surface area (Å²) in [7, 11) is 0. The molecule has 1 aromatic carbocycles. The fourth-order valence-corrected chi connectivity index (χ4v) is 3.04. The van der Waals surface area contributed by atoms with E-state index in [0.29, 0.717) is 15.2 Å². The maximum Gasteiger partial charge on any atom is 0.236 e. The highest BCUT2D eigenvalue weighted by atomic mass is 35.5. The second-order valence-electron chi connectivity index (χ2n) is 4.44. The molecule has 0 aliphatic carbocycles. The van der Waals surface area contributed by atoms with Crippen LogP contribution in [0.15, 0.2) is 53.0 Å². The predicted molar refractivity (Wildman–Crippen MR) is 93.9 cm³/mol. The van der Waals surface area contributed by atoms with Crippen molar-refractivity contribution in [1.82, 2.24) is 15.2 Å². The van der Waals surface area contributed by atoms with Crippen molar-refractivity contribution in [2.24, 2.45) is 0 Å². The fourth-order valence-electron chi connectivity index (χ4n) is 1.75. The molecule has 2 heterocycles. The van der Waals surface area contributed by atoms with E-state index < -0.39 is 0 Å². The van der Waals surface area contributed by atoms with E-state index in [1.165, 1.54) is 23.1 Å². The zero-order valence-electron chi connectivity index (χ0n) is 11.8. The van der Waals surface area contributed by atoms with Crippen molar-refractivity contribution in [3.63, 3.8) is 0 Å². The Balaban J connectivity index is 1.57. The van der Waals surface area contributed by atoms with Gasteiger partial charge in [-0.2, -0.15) is 0 Å². The Hall–Kier alpha value is -1.96. The molecule has 0 aliphatic heterocycles. The molecule has 23 heavy (non-hydrogen) atoms. The van der Waals surface area contributed by atoms with Gasteiger partial charge in [0.25, 0.3) is 0 Å². The van der Waals surface area contributed by atoms with Crippen LogP contribution in [0.1, 0.15) is 0 Å². The van der Waals surface area contributed by atoms with Gasteiger partial charge in [0.2, 0.25) is 5.91 Å². The Bertz CT molecular complexity index is 776. The molecule has 1 amide bonds. The fraction of sp³-hybridized carbons (Fsp3) is 0.0667. The summed E-state index contributed by atoms with van der Waals surface area (Å²) in [4.78, 5) is 15.8. The Morgan fingerprint density at radius 1 is 1.17 bits per heavy atom. The van der Waals surface area contributed by atoms with Gasteiger partial charge in [0.1, 0.15) is 5.03 Å². The van der Waals surface area contributed by atoms with Gasteiger partial charge in [0.15, 0.2) is 5.13 Å². The van der Waals surface area contributed by atoms with E-state index in [1.54, 1.807) is 6.20 Å². The zero-order valence-corrected chi connectivity index (χ0v) is 14.2. The van der Waals surface area contributed by atoms with Crippen LogP contribution in [0.25, 0.3) is 11.3 Å². The van der Waals surface area contributed by atoms with Gasteiger partial charge in [-0.1, -0.05) is 35.5 Å². The van der Waals surface area contributed by atoms with Crippen LogP contribution in [0.2, 0.25) is 5.02 Å². The number of hydrogen-bond acceptors (Lipinski definition) is 6. The summed E-state index contributed by atoms with van der Waals surface area (Å²) in [5.41, 5.74) is 1.71. The van der Waals surface area contributed by atoms with Crippen molar-refractivity contribution in [2.45, 2.75) is 5.03 Å². The Morgan fingerprint density at radius 3 is 2.65 bits per heavy atom. The lowest BCUT2D eigenvalue weighted by molar-refractivity contribution is -0.113. The van der Waals surface area contributed by atoms with Crippen LogP contribution >= 0.6 is 34.7 Å². The van der Waals surface area contributed by atoms with Crippen LogP contribution in [0, 0.1) is 0 Å². The molecule has 0 aliphatic rings. The molecule has 0 saturated carbocycles. The summed E-state index contributed by atoms with van der Waals surface area (Å²) in [6, 6.07) is 11.1. The van der Waals surface area contributed by atoms with E-state index in [4.69, 9.17) is 11.6 Å². The minimum absolute atomic E-state index is 0.117. The van der Waals surface area contributed by atoms with Crippen LogP contribution in [-0.4, -0.2) is 26.8 Å². The number of halogens is 1. The van der Waals surface area contributed by atoms with Gasteiger partial charge in [0.05, 0.1) is 11.4 Å². The number of hydrogen-bond donors (Lipinski definition) is 1. The number of thioether (sulfide) groups is 1. The van der Waals surface area contributed by atoms with Crippen LogP contribution in [0.4, 0.5) is 5.13 Å². The monoisotopic (exact) mass is 362 g/mol. The third-order valence-corrected chi connectivity index (χ3v) is 4.67. The molecule has 0 spiro atoms. The normalized spacial score (nSPS) is 10.5. The van der Waals surface area contributed by atoms with Gasteiger partial charge < -0.3 is 5.32 Å². The number of carbonyl (C=O) groups is 1. The molecule has 5 nitrogen and oxygen atoms in total. The van der Waals surface area contributed by atoms with Gasteiger partial charge >= 0.3 is 0 Å². The van der Waals surface area contributed by atoms with Gasteiger partial charge in [-0.25, -0.2) is 4.98 Å². The van der Waals surface area contributed by atoms with Crippen molar-refractivity contribution < 1.29 is 4.79 Å². The van der Waals surface area contributed by atoms with Crippen molar-refractivity contribution in [1.29, 1.82) is 0 Å². The SMILES string of the molecule is O=C(CSc1ccc(-c2ccc(Cl)cc2)nn1)Nc1nccs1. The summed E-state index contributed by atoms with van der Waals surface area (Å²) in [5, 5.41) is 14.8. The quantitative estimate of drug-likeness (QED) is 0.695. The summed E-state index contributed by atoms with van der Waals surface area (Å²) in [5.74, 6) is 0.141. The zero-order chi connectivity index (χ0) is 16.1. The topological polar surface area (TPSA) is 67.8 Å². The summed E-state index contributed by atoms with van der Waals surface area (Å²) >= 11 is 8.58. The number of nitrogens with zero attached hydrogens (tertiary/aromatic N) is 3. The Morgan fingerprint density at radius 2 is 2.00 bits per heavy atom. The maximum atomic E-state index is 11.8. The lowest BCUT2D eigenvalue weighted by Crippen LogP contribution is -2.13. The number of nitrogens with one attached hydrogen (secondary N) is 1. The standard InChI is InChI=1S/C15H11ClN4OS2/c16-11-3-1-10(2-4-11)12-5-6-14(20-19-12)23-9-13(21)18-15-17-7-8-22-15/h1-8H,9H2,(H,17,18,21). The first-order chi connectivity index (χ1) is 11.2. The maximum absolute atomic E-state index is 11.8. The van der Waals surface area contributed by atoms with Gasteiger partial charge in [-0.15, -0.1) is 21.5 Å². The second-order valence-corrected chi connectivity index (χ2v) is 6.76. The molecule has 116 valence electrons. The van der Waals surface area contributed by atoms with E-state index in [0.717, 1.165) is 11.3 Å². The molecule has 0 fully saturated rings. The van der Waals surface area contributed by atoms with E-state index in [1.807, 2.05) is 41.8 Å². The average Bonchev–Trinajstić information content (AvgIpc) is 3.07. The van der Waals surface area contributed by atoms with Crippen LogP contribution in [0.5, 0.6) is 0 Å². The first-order valence-electron chi connectivity index (χ1n) is 6.62. The molecule has 0 atom stereocenters. The first kappa shape index (κ1) is 15.9. The molecule has 0 unspecified atom stereocenters. The highest BCUT2D eigenvalue weighted by Gasteiger charge is 2.07. The van der Waals surface area contributed by atoms with Gasteiger partial charge in [-0.3, -0.25) is 4.79 Å². The number of carbonyl (C=O) groups excluding carboxylic acids is 1. The van der Waals surface area contributed by atoms with E-state index >= 15 is 0 Å². The molecule has 8 heteroatoms. The highest BCUT2D eigenvalue weighted by Crippen LogP contribution is 2.21. The summed E-state index contributed by atoms with van der Waals surface area (Å²) in [6.07, 6.45) is 1.65.